The van der Waals surface area contributed by atoms with Gasteiger partial charge in [-0.25, -0.2) is 0 Å². The molecule has 0 atom stereocenters. The van der Waals surface area contributed by atoms with Crippen LogP contribution in [0.15, 0.2) is 0 Å². The lowest BCUT2D eigenvalue weighted by atomic mass is 10.2. The van der Waals surface area contributed by atoms with Gasteiger partial charge >= 0.3 is 0 Å². The molecule has 0 saturated heterocycles. The Morgan fingerprint density at radius 1 is 1.42 bits per heavy atom. The predicted octanol–water partition coefficient (Wildman–Crippen LogP) is 1.75. The van der Waals surface area contributed by atoms with Crippen LogP contribution in [0.2, 0.25) is 0 Å². The Labute approximate surface area is 80.4 Å². The van der Waals surface area contributed by atoms with E-state index in [4.69, 9.17) is 4.74 Å². The molecule has 2 nitrogen and oxygen atoms in total. The van der Waals surface area contributed by atoms with Crippen LogP contribution < -0.4 is 5.32 Å². The SMILES string of the molecule is CCOCCNCC(C)(C)SC. The third kappa shape index (κ3) is 6.95. The molecule has 74 valence electrons. The van der Waals surface area contributed by atoms with Crippen molar-refractivity contribution >= 4 is 11.8 Å². The third-order valence-corrected chi connectivity index (χ3v) is 2.98. The highest BCUT2D eigenvalue weighted by molar-refractivity contribution is 7.99. The number of thioether (sulfide) groups is 1. The summed E-state index contributed by atoms with van der Waals surface area (Å²) < 4.78 is 5.55. The summed E-state index contributed by atoms with van der Waals surface area (Å²) in [6.07, 6.45) is 2.14. The van der Waals surface area contributed by atoms with Gasteiger partial charge in [0.1, 0.15) is 0 Å². The maximum Gasteiger partial charge on any atom is 0.0590 e. The molecule has 0 spiro atoms. The molecule has 0 aliphatic carbocycles. The lowest BCUT2D eigenvalue weighted by Gasteiger charge is -2.22. The first-order chi connectivity index (χ1) is 5.62. The molecule has 0 heterocycles. The summed E-state index contributed by atoms with van der Waals surface area (Å²) in [6, 6.07) is 0. The van der Waals surface area contributed by atoms with Gasteiger partial charge in [0.25, 0.3) is 0 Å². The largest absolute Gasteiger partial charge is 0.380 e. The molecule has 0 aromatic heterocycles. The first-order valence-corrected chi connectivity index (χ1v) is 5.68. The van der Waals surface area contributed by atoms with Crippen LogP contribution in [-0.2, 0) is 4.74 Å². The molecule has 0 fully saturated rings. The van der Waals surface area contributed by atoms with Crippen molar-refractivity contribution in [3.8, 4) is 0 Å². The quantitative estimate of drug-likeness (QED) is 0.620. The van der Waals surface area contributed by atoms with Crippen molar-refractivity contribution in [3.63, 3.8) is 0 Å². The van der Waals surface area contributed by atoms with E-state index < -0.39 is 0 Å². The molecule has 0 unspecified atom stereocenters. The summed E-state index contributed by atoms with van der Waals surface area (Å²) in [4.78, 5) is 0. The average molecular weight is 191 g/mol. The molecule has 0 amide bonds. The standard InChI is InChI=1S/C9H21NOS/c1-5-11-7-6-10-8-9(2,3)12-4/h10H,5-8H2,1-4H3. The Bertz CT molecular complexity index is 107. The summed E-state index contributed by atoms with van der Waals surface area (Å²) in [5.41, 5.74) is 0. The van der Waals surface area contributed by atoms with E-state index in [0.717, 1.165) is 26.3 Å². The van der Waals surface area contributed by atoms with Crippen LogP contribution in [0.1, 0.15) is 20.8 Å². The highest BCUT2D eigenvalue weighted by Gasteiger charge is 2.14. The fraction of sp³-hybridized carbons (Fsp3) is 1.00. The van der Waals surface area contributed by atoms with E-state index >= 15 is 0 Å². The maximum absolute atomic E-state index is 5.21. The molecular weight excluding hydrogens is 170 g/mol. The Balaban J connectivity index is 3.19. The fourth-order valence-corrected chi connectivity index (χ4v) is 0.997. The van der Waals surface area contributed by atoms with Gasteiger partial charge < -0.3 is 10.1 Å². The molecule has 0 radical (unpaired) electrons. The summed E-state index contributed by atoms with van der Waals surface area (Å²) in [7, 11) is 0. The topological polar surface area (TPSA) is 21.3 Å². The van der Waals surface area contributed by atoms with Gasteiger partial charge in [-0.05, 0) is 27.0 Å². The number of hydrogen-bond acceptors (Lipinski definition) is 3. The Morgan fingerprint density at radius 2 is 2.08 bits per heavy atom. The lowest BCUT2D eigenvalue weighted by Crippen LogP contribution is -2.33. The van der Waals surface area contributed by atoms with Crippen LogP contribution in [-0.4, -0.2) is 37.3 Å². The van der Waals surface area contributed by atoms with E-state index in [9.17, 15) is 0 Å². The van der Waals surface area contributed by atoms with Gasteiger partial charge in [0.2, 0.25) is 0 Å². The predicted molar refractivity (Wildman–Crippen MR) is 57.0 cm³/mol. The monoisotopic (exact) mass is 191 g/mol. The lowest BCUT2D eigenvalue weighted by molar-refractivity contribution is 0.149. The number of nitrogens with one attached hydrogen (secondary N) is 1. The second kappa shape index (κ2) is 6.75. The first kappa shape index (κ1) is 12.3. The maximum atomic E-state index is 5.21. The van der Waals surface area contributed by atoms with Crippen molar-refractivity contribution in [2.24, 2.45) is 0 Å². The third-order valence-electron chi connectivity index (χ3n) is 1.73. The molecule has 1 N–H and O–H groups in total. The van der Waals surface area contributed by atoms with Crippen molar-refractivity contribution in [1.29, 1.82) is 0 Å². The van der Waals surface area contributed by atoms with Crippen molar-refractivity contribution in [2.75, 3.05) is 32.6 Å². The number of ether oxygens (including phenoxy) is 1. The molecule has 0 saturated carbocycles. The molecule has 0 aliphatic heterocycles. The smallest absolute Gasteiger partial charge is 0.0590 e. The van der Waals surface area contributed by atoms with Crippen molar-refractivity contribution < 1.29 is 4.74 Å². The highest BCUT2D eigenvalue weighted by atomic mass is 32.2. The summed E-state index contributed by atoms with van der Waals surface area (Å²) in [5.74, 6) is 0. The van der Waals surface area contributed by atoms with E-state index in [0.29, 0.717) is 4.75 Å². The molecule has 0 aliphatic rings. The first-order valence-electron chi connectivity index (χ1n) is 4.46. The van der Waals surface area contributed by atoms with Crippen LogP contribution in [0.3, 0.4) is 0 Å². The molecule has 12 heavy (non-hydrogen) atoms. The van der Waals surface area contributed by atoms with Crippen LogP contribution >= 0.6 is 11.8 Å². The van der Waals surface area contributed by atoms with Gasteiger partial charge in [-0.2, -0.15) is 11.8 Å². The second-order valence-corrected chi connectivity index (χ2v) is 4.85. The van der Waals surface area contributed by atoms with Crippen molar-refractivity contribution in [3.05, 3.63) is 0 Å². The average Bonchev–Trinajstić information content (AvgIpc) is 2.04. The zero-order valence-corrected chi connectivity index (χ0v) is 9.46. The van der Waals surface area contributed by atoms with E-state index in [-0.39, 0.29) is 0 Å². The Morgan fingerprint density at radius 3 is 2.58 bits per heavy atom. The van der Waals surface area contributed by atoms with Crippen molar-refractivity contribution in [2.45, 2.75) is 25.5 Å². The summed E-state index contributed by atoms with van der Waals surface area (Å²) in [5, 5.41) is 3.37. The normalized spacial score (nSPS) is 12.0. The zero-order chi connectivity index (χ0) is 9.45. The van der Waals surface area contributed by atoms with Gasteiger partial charge in [0, 0.05) is 24.4 Å². The fourth-order valence-electron chi connectivity index (χ4n) is 0.750. The van der Waals surface area contributed by atoms with Crippen LogP contribution in [0.4, 0.5) is 0 Å². The molecule has 0 rings (SSSR count). The van der Waals surface area contributed by atoms with Gasteiger partial charge in [-0.15, -0.1) is 0 Å². The minimum absolute atomic E-state index is 0.339. The molecule has 3 heteroatoms. The molecule has 0 bridgehead atoms. The second-order valence-electron chi connectivity index (χ2n) is 3.34. The number of hydrogen-bond donors (Lipinski definition) is 1. The van der Waals surface area contributed by atoms with Gasteiger partial charge in [-0.3, -0.25) is 0 Å². The summed E-state index contributed by atoms with van der Waals surface area (Å²) in [6.45, 7) is 10.1. The summed E-state index contributed by atoms with van der Waals surface area (Å²) >= 11 is 1.89. The minimum Gasteiger partial charge on any atom is -0.380 e. The minimum atomic E-state index is 0.339. The molecular formula is C9H21NOS. The molecule has 0 aromatic carbocycles. The van der Waals surface area contributed by atoms with Crippen LogP contribution in [0.5, 0.6) is 0 Å². The molecule has 0 aromatic rings. The van der Waals surface area contributed by atoms with Crippen LogP contribution in [0.25, 0.3) is 0 Å². The van der Waals surface area contributed by atoms with Gasteiger partial charge in [-0.1, -0.05) is 0 Å². The Kier molecular flexibility index (Phi) is 6.90. The van der Waals surface area contributed by atoms with Gasteiger partial charge in [0.15, 0.2) is 0 Å². The highest BCUT2D eigenvalue weighted by Crippen LogP contribution is 2.19. The van der Waals surface area contributed by atoms with Crippen molar-refractivity contribution in [1.82, 2.24) is 5.32 Å². The zero-order valence-electron chi connectivity index (χ0n) is 8.64. The Hall–Kier alpha value is 0.270. The van der Waals surface area contributed by atoms with Gasteiger partial charge in [0.05, 0.1) is 6.61 Å². The number of rotatable bonds is 7. The van der Waals surface area contributed by atoms with E-state index in [1.807, 2.05) is 18.7 Å². The van der Waals surface area contributed by atoms with E-state index in [1.54, 1.807) is 0 Å². The van der Waals surface area contributed by atoms with E-state index in [1.165, 1.54) is 0 Å². The van der Waals surface area contributed by atoms with Crippen LogP contribution in [0, 0.1) is 0 Å². The van der Waals surface area contributed by atoms with E-state index in [2.05, 4.69) is 25.4 Å².